The van der Waals surface area contributed by atoms with E-state index in [1.54, 1.807) is 41.4 Å². The first-order valence-electron chi connectivity index (χ1n) is 11.5. The first-order valence-corrected chi connectivity index (χ1v) is 13.1. The molecule has 1 N–H and O–H groups in total. The summed E-state index contributed by atoms with van der Waals surface area (Å²) in [5, 5.41) is 10.7. The topological polar surface area (TPSA) is 123 Å². The van der Waals surface area contributed by atoms with Gasteiger partial charge in [0.2, 0.25) is 0 Å². The average molecular weight is 539 g/mol. The van der Waals surface area contributed by atoms with Crippen LogP contribution in [0.15, 0.2) is 52.8 Å². The molecular weight excluding hydrogens is 516 g/mol. The molecule has 10 nitrogen and oxygen atoms in total. The van der Waals surface area contributed by atoms with Crippen LogP contribution < -0.4 is 5.56 Å². The second-order valence-corrected chi connectivity index (χ2v) is 9.75. The molecule has 12 heteroatoms. The van der Waals surface area contributed by atoms with Gasteiger partial charge in [-0.1, -0.05) is 35.5 Å². The molecular formula is C25H23ClN6O4S. The van der Waals surface area contributed by atoms with Gasteiger partial charge in [-0.25, -0.2) is 19.7 Å². The van der Waals surface area contributed by atoms with E-state index in [0.29, 0.717) is 51.1 Å². The molecule has 1 aliphatic rings. The molecule has 4 aromatic rings. The Kier molecular flexibility index (Phi) is 7.09. The average Bonchev–Trinajstić information content (AvgIpc) is 2.85. The maximum absolute atomic E-state index is 13.7. The maximum Gasteiger partial charge on any atom is 0.407 e. The van der Waals surface area contributed by atoms with E-state index in [9.17, 15) is 9.59 Å². The number of thioether (sulfide) groups is 1. The van der Waals surface area contributed by atoms with E-state index in [2.05, 4.69) is 19.9 Å². The zero-order chi connectivity index (χ0) is 26.1. The largest absolute Gasteiger partial charge is 0.465 e. The molecule has 0 atom stereocenters. The van der Waals surface area contributed by atoms with E-state index in [1.165, 1.54) is 16.7 Å². The molecule has 0 aliphatic carbocycles. The third kappa shape index (κ3) is 5.15. The van der Waals surface area contributed by atoms with Crippen LogP contribution in [0.5, 0.6) is 0 Å². The van der Waals surface area contributed by atoms with Gasteiger partial charge in [0, 0.05) is 39.5 Å². The Morgan fingerprint density at radius 1 is 1.19 bits per heavy atom. The van der Waals surface area contributed by atoms with Gasteiger partial charge in [-0.05, 0) is 25.3 Å². The van der Waals surface area contributed by atoms with Gasteiger partial charge < -0.3 is 14.7 Å². The number of likely N-dealkylation sites (tertiary alicyclic amines) is 1. The maximum atomic E-state index is 13.7. The highest BCUT2D eigenvalue weighted by Gasteiger charge is 2.31. The summed E-state index contributed by atoms with van der Waals surface area (Å²) in [6.45, 7) is 2.97. The van der Waals surface area contributed by atoms with Crippen LogP contribution in [0.25, 0.3) is 33.4 Å². The number of rotatable bonds is 7. The first kappa shape index (κ1) is 25.1. The predicted octanol–water partition coefficient (Wildman–Crippen LogP) is 3.98. The van der Waals surface area contributed by atoms with Gasteiger partial charge in [0.25, 0.3) is 5.56 Å². The van der Waals surface area contributed by atoms with Gasteiger partial charge in [0.1, 0.15) is 5.65 Å². The Hall–Kier alpha value is -3.54. The molecule has 1 fully saturated rings. The van der Waals surface area contributed by atoms with Gasteiger partial charge in [0.15, 0.2) is 5.16 Å². The number of amides is 1. The Balaban J connectivity index is 1.49. The molecule has 1 amide bonds. The molecule has 4 heterocycles. The number of carbonyl (C=O) groups is 1. The van der Waals surface area contributed by atoms with E-state index in [0.717, 1.165) is 11.3 Å². The summed E-state index contributed by atoms with van der Waals surface area (Å²) in [7, 11) is 0. The van der Waals surface area contributed by atoms with Gasteiger partial charge in [0.05, 0.1) is 49.9 Å². The predicted molar refractivity (Wildman–Crippen MR) is 141 cm³/mol. The van der Waals surface area contributed by atoms with Crippen LogP contribution in [0.3, 0.4) is 0 Å². The van der Waals surface area contributed by atoms with Crippen molar-refractivity contribution in [2.75, 3.05) is 26.0 Å². The monoisotopic (exact) mass is 538 g/mol. The van der Waals surface area contributed by atoms with Crippen LogP contribution in [-0.2, 0) is 11.3 Å². The smallest absolute Gasteiger partial charge is 0.407 e. The zero-order valence-electron chi connectivity index (χ0n) is 20.1. The fourth-order valence-corrected chi connectivity index (χ4v) is 4.77. The van der Waals surface area contributed by atoms with Crippen LogP contribution in [0, 0.1) is 6.92 Å². The van der Waals surface area contributed by atoms with Crippen LogP contribution in [0.4, 0.5) is 4.79 Å². The minimum Gasteiger partial charge on any atom is -0.465 e. The standard InChI is InChI=1S/C25H23ClN6O4S/c1-14-9-27-11-21(29-14)15-3-4-18(20(26)8-15)19-7-16-10-28-24(37-2)30-22(16)32(23(19)33)5-6-36-17-12-31(13-17)25(34)35/h3-4,7-11,17H,5-6,12-13H2,1-2H3,(H,34,35). The number of benzene rings is 1. The number of hydrogen-bond acceptors (Lipinski definition) is 8. The molecule has 3 aromatic heterocycles. The summed E-state index contributed by atoms with van der Waals surface area (Å²) < 4.78 is 7.38. The van der Waals surface area contributed by atoms with Crippen molar-refractivity contribution in [2.24, 2.45) is 0 Å². The summed E-state index contributed by atoms with van der Waals surface area (Å²) in [5.41, 5.74) is 3.52. The van der Waals surface area contributed by atoms with Crippen molar-refractivity contribution in [1.29, 1.82) is 0 Å². The summed E-state index contributed by atoms with van der Waals surface area (Å²) in [4.78, 5) is 43.6. The van der Waals surface area contributed by atoms with E-state index < -0.39 is 6.09 Å². The summed E-state index contributed by atoms with van der Waals surface area (Å²) >= 11 is 8.06. The highest BCUT2D eigenvalue weighted by Crippen LogP contribution is 2.31. The summed E-state index contributed by atoms with van der Waals surface area (Å²) in [6.07, 6.45) is 5.75. The van der Waals surface area contributed by atoms with Crippen LogP contribution in [0.1, 0.15) is 5.69 Å². The van der Waals surface area contributed by atoms with Crippen molar-refractivity contribution in [1.82, 2.24) is 29.4 Å². The third-order valence-corrected chi connectivity index (χ3v) is 6.96. The SMILES string of the molecule is CSc1ncc2cc(-c3ccc(-c4cncc(C)n4)cc3Cl)c(=O)n(CCOC3CN(C(=O)O)C3)c2n1. The van der Waals surface area contributed by atoms with Crippen LogP contribution in [0.2, 0.25) is 5.02 Å². The normalized spacial score (nSPS) is 13.6. The first-order chi connectivity index (χ1) is 17.8. The van der Waals surface area contributed by atoms with Gasteiger partial charge in [-0.15, -0.1) is 0 Å². The van der Waals surface area contributed by atoms with E-state index in [1.807, 2.05) is 19.2 Å². The molecule has 5 rings (SSSR count). The summed E-state index contributed by atoms with van der Waals surface area (Å²) in [6, 6.07) is 7.19. The molecule has 1 aliphatic heterocycles. The number of carboxylic acid groups (broad SMARTS) is 1. The number of pyridine rings is 1. The van der Waals surface area contributed by atoms with Gasteiger partial charge in [-0.3, -0.25) is 14.3 Å². The third-order valence-electron chi connectivity index (χ3n) is 6.08. The van der Waals surface area contributed by atoms with Crippen LogP contribution >= 0.6 is 23.4 Å². The number of aryl methyl sites for hydroxylation is 1. The van der Waals surface area contributed by atoms with Crippen molar-refractivity contribution in [3.05, 3.63) is 63.9 Å². The lowest BCUT2D eigenvalue weighted by Crippen LogP contribution is -2.54. The molecule has 1 saturated heterocycles. The molecule has 1 aromatic carbocycles. The second-order valence-electron chi connectivity index (χ2n) is 8.57. The number of nitrogens with zero attached hydrogens (tertiary/aromatic N) is 6. The quantitative estimate of drug-likeness (QED) is 0.275. The second kappa shape index (κ2) is 10.4. The number of hydrogen-bond donors (Lipinski definition) is 1. The fourth-order valence-electron chi connectivity index (χ4n) is 4.15. The minimum atomic E-state index is -0.964. The van der Waals surface area contributed by atoms with Crippen molar-refractivity contribution in [3.8, 4) is 22.4 Å². The van der Waals surface area contributed by atoms with Crippen LogP contribution in [-0.4, -0.2) is 72.7 Å². The number of halogens is 1. The lowest BCUT2D eigenvalue weighted by Gasteiger charge is -2.36. The van der Waals surface area contributed by atoms with Crippen molar-refractivity contribution >= 4 is 40.5 Å². The van der Waals surface area contributed by atoms with Gasteiger partial charge >= 0.3 is 6.09 Å². The molecule has 0 radical (unpaired) electrons. The van der Waals surface area contributed by atoms with E-state index >= 15 is 0 Å². The molecule has 0 bridgehead atoms. The highest BCUT2D eigenvalue weighted by molar-refractivity contribution is 7.98. The molecule has 0 spiro atoms. The van der Waals surface area contributed by atoms with Crippen molar-refractivity contribution in [3.63, 3.8) is 0 Å². The Labute approximate surface area is 221 Å². The number of fused-ring (bicyclic) bond motifs is 1. The van der Waals surface area contributed by atoms with E-state index in [4.69, 9.17) is 21.4 Å². The lowest BCUT2D eigenvalue weighted by atomic mass is 10.0. The molecule has 190 valence electrons. The van der Waals surface area contributed by atoms with Crippen molar-refractivity contribution < 1.29 is 14.6 Å². The number of aromatic nitrogens is 5. The molecule has 0 unspecified atom stereocenters. The Morgan fingerprint density at radius 3 is 2.70 bits per heavy atom. The zero-order valence-corrected chi connectivity index (χ0v) is 21.7. The minimum absolute atomic E-state index is 0.190. The lowest BCUT2D eigenvalue weighted by molar-refractivity contribution is -0.0463. The van der Waals surface area contributed by atoms with Gasteiger partial charge in [-0.2, -0.15) is 0 Å². The summed E-state index contributed by atoms with van der Waals surface area (Å²) in [5.74, 6) is 0. The number of ether oxygens (including phenoxy) is 1. The van der Waals surface area contributed by atoms with E-state index in [-0.39, 0.29) is 24.8 Å². The fraction of sp³-hybridized carbons (Fsp3) is 0.280. The Morgan fingerprint density at radius 2 is 2.00 bits per heavy atom. The van der Waals surface area contributed by atoms with Crippen molar-refractivity contribution in [2.45, 2.75) is 24.7 Å². The Bertz CT molecular complexity index is 1560. The molecule has 37 heavy (non-hydrogen) atoms. The molecule has 0 saturated carbocycles. The highest BCUT2D eigenvalue weighted by atomic mass is 35.5.